The summed E-state index contributed by atoms with van der Waals surface area (Å²) in [6, 6.07) is 6.30. The topological polar surface area (TPSA) is 94.1 Å². The number of rotatable bonds is 6. The van der Waals surface area contributed by atoms with Crippen LogP contribution in [0.25, 0.3) is 11.3 Å². The molecule has 7 nitrogen and oxygen atoms in total. The molecule has 0 fully saturated rings. The third kappa shape index (κ3) is 4.36. The molecule has 0 bridgehead atoms. The highest BCUT2D eigenvalue weighted by molar-refractivity contribution is 7.89. The van der Waals surface area contributed by atoms with Crippen LogP contribution < -0.4 is 5.14 Å². The first-order valence-corrected chi connectivity index (χ1v) is 8.48. The van der Waals surface area contributed by atoms with Crippen LogP contribution in [-0.2, 0) is 16.6 Å². The highest BCUT2D eigenvalue weighted by Gasteiger charge is 2.10. The maximum absolute atomic E-state index is 11.2. The first kappa shape index (κ1) is 16.6. The van der Waals surface area contributed by atoms with E-state index in [1.165, 1.54) is 12.1 Å². The number of sulfonamides is 1. The standard InChI is InChI=1S/C14H21N5O2S/c1-11(8-18(2)3)9-19-10-14(16-17-19)12-4-6-13(7-5-12)22(15,20)21/h4-7,10-11H,8-9H2,1-3H3,(H2,15,20,21). The summed E-state index contributed by atoms with van der Waals surface area (Å²) >= 11 is 0. The van der Waals surface area contributed by atoms with Gasteiger partial charge in [-0.25, -0.2) is 13.6 Å². The monoisotopic (exact) mass is 323 g/mol. The quantitative estimate of drug-likeness (QED) is 0.848. The van der Waals surface area contributed by atoms with Crippen LogP contribution in [0.15, 0.2) is 35.4 Å². The Bertz CT molecular complexity index is 722. The highest BCUT2D eigenvalue weighted by Crippen LogP contribution is 2.18. The molecule has 1 atom stereocenters. The summed E-state index contributed by atoms with van der Waals surface area (Å²) < 4.78 is 24.3. The maximum Gasteiger partial charge on any atom is 0.238 e. The number of benzene rings is 1. The van der Waals surface area contributed by atoms with E-state index in [0.29, 0.717) is 11.6 Å². The van der Waals surface area contributed by atoms with Crippen LogP contribution in [0.1, 0.15) is 6.92 Å². The lowest BCUT2D eigenvalue weighted by Gasteiger charge is -2.16. The minimum Gasteiger partial charge on any atom is -0.309 e. The van der Waals surface area contributed by atoms with Gasteiger partial charge in [0.2, 0.25) is 10.0 Å². The lowest BCUT2D eigenvalue weighted by atomic mass is 10.1. The predicted octanol–water partition coefficient (Wildman–Crippen LogP) is 0.790. The zero-order valence-corrected chi connectivity index (χ0v) is 13.8. The van der Waals surface area contributed by atoms with E-state index in [0.717, 1.165) is 18.7 Å². The molecule has 1 unspecified atom stereocenters. The van der Waals surface area contributed by atoms with Crippen LogP contribution in [0.2, 0.25) is 0 Å². The summed E-state index contributed by atoms with van der Waals surface area (Å²) in [5.41, 5.74) is 1.51. The van der Waals surface area contributed by atoms with Crippen molar-refractivity contribution in [2.45, 2.75) is 18.4 Å². The molecular weight excluding hydrogens is 302 g/mol. The minimum atomic E-state index is -3.67. The third-order valence-corrected chi connectivity index (χ3v) is 4.12. The molecule has 1 heterocycles. The number of hydrogen-bond acceptors (Lipinski definition) is 5. The van der Waals surface area contributed by atoms with E-state index < -0.39 is 10.0 Å². The van der Waals surface area contributed by atoms with Crippen molar-refractivity contribution in [2.75, 3.05) is 20.6 Å². The summed E-state index contributed by atoms with van der Waals surface area (Å²) in [6.45, 7) is 3.90. The van der Waals surface area contributed by atoms with Crippen LogP contribution in [0.3, 0.4) is 0 Å². The van der Waals surface area contributed by atoms with Crippen LogP contribution in [0, 0.1) is 5.92 Å². The number of aromatic nitrogens is 3. The van der Waals surface area contributed by atoms with Crippen LogP contribution in [0.5, 0.6) is 0 Å². The Morgan fingerprint density at radius 3 is 2.45 bits per heavy atom. The number of primary sulfonamides is 1. The van der Waals surface area contributed by atoms with Crippen molar-refractivity contribution in [2.24, 2.45) is 11.1 Å². The molecular formula is C14H21N5O2S. The van der Waals surface area contributed by atoms with Crippen LogP contribution in [0.4, 0.5) is 0 Å². The maximum atomic E-state index is 11.2. The summed E-state index contributed by atoms with van der Waals surface area (Å²) in [5, 5.41) is 13.3. The van der Waals surface area contributed by atoms with Crippen molar-refractivity contribution in [3.63, 3.8) is 0 Å². The molecule has 2 aromatic rings. The Labute approximate surface area is 130 Å². The first-order valence-electron chi connectivity index (χ1n) is 6.94. The summed E-state index contributed by atoms with van der Waals surface area (Å²) in [7, 11) is 0.406. The number of nitrogens with zero attached hydrogens (tertiary/aromatic N) is 4. The Morgan fingerprint density at radius 1 is 1.27 bits per heavy atom. The molecule has 8 heteroatoms. The second-order valence-corrected chi connectivity index (χ2v) is 7.32. The van der Waals surface area contributed by atoms with E-state index in [-0.39, 0.29) is 4.90 Å². The van der Waals surface area contributed by atoms with Crippen LogP contribution >= 0.6 is 0 Å². The lowest BCUT2D eigenvalue weighted by molar-refractivity contribution is 0.306. The molecule has 0 aliphatic rings. The molecule has 0 aliphatic heterocycles. The molecule has 0 radical (unpaired) electrons. The van der Waals surface area contributed by atoms with Gasteiger partial charge in [-0.15, -0.1) is 5.10 Å². The smallest absolute Gasteiger partial charge is 0.238 e. The second-order valence-electron chi connectivity index (χ2n) is 5.76. The fraction of sp³-hybridized carbons (Fsp3) is 0.429. The zero-order valence-electron chi connectivity index (χ0n) is 13.0. The van der Waals surface area contributed by atoms with Crippen molar-refractivity contribution in [1.29, 1.82) is 0 Å². The van der Waals surface area contributed by atoms with Crippen molar-refractivity contribution in [1.82, 2.24) is 19.9 Å². The second kappa shape index (κ2) is 6.55. The summed E-state index contributed by atoms with van der Waals surface area (Å²) in [4.78, 5) is 2.22. The zero-order chi connectivity index (χ0) is 16.3. The predicted molar refractivity (Wildman–Crippen MR) is 84.5 cm³/mol. The largest absolute Gasteiger partial charge is 0.309 e. The van der Waals surface area contributed by atoms with Crippen molar-refractivity contribution in [3.8, 4) is 11.3 Å². The van der Waals surface area contributed by atoms with E-state index in [9.17, 15) is 8.42 Å². The van der Waals surface area contributed by atoms with E-state index >= 15 is 0 Å². The molecule has 120 valence electrons. The fourth-order valence-electron chi connectivity index (χ4n) is 2.34. The third-order valence-electron chi connectivity index (χ3n) is 3.19. The molecule has 2 N–H and O–H groups in total. The van der Waals surface area contributed by atoms with Gasteiger partial charge in [-0.1, -0.05) is 24.3 Å². The molecule has 0 saturated carbocycles. The molecule has 2 rings (SSSR count). The van der Waals surface area contributed by atoms with Crippen molar-refractivity contribution < 1.29 is 8.42 Å². The van der Waals surface area contributed by atoms with Gasteiger partial charge in [0.05, 0.1) is 11.1 Å². The van der Waals surface area contributed by atoms with Crippen molar-refractivity contribution in [3.05, 3.63) is 30.5 Å². The number of hydrogen-bond donors (Lipinski definition) is 1. The summed E-state index contributed by atoms with van der Waals surface area (Å²) in [6.07, 6.45) is 1.86. The van der Waals surface area contributed by atoms with Crippen LogP contribution in [-0.4, -0.2) is 49.0 Å². The fourth-order valence-corrected chi connectivity index (χ4v) is 2.85. The van der Waals surface area contributed by atoms with Gasteiger partial charge in [-0.3, -0.25) is 4.68 Å². The van der Waals surface area contributed by atoms with Gasteiger partial charge in [0, 0.05) is 18.7 Å². The van der Waals surface area contributed by atoms with Gasteiger partial charge in [-0.2, -0.15) is 0 Å². The molecule has 0 spiro atoms. The van der Waals surface area contributed by atoms with Gasteiger partial charge >= 0.3 is 0 Å². The van der Waals surface area contributed by atoms with E-state index in [1.807, 2.05) is 20.3 Å². The Morgan fingerprint density at radius 2 is 1.91 bits per heavy atom. The number of nitrogens with two attached hydrogens (primary N) is 1. The molecule has 1 aromatic carbocycles. The molecule has 0 amide bonds. The normalized spacial score (nSPS) is 13.5. The Balaban J connectivity index is 2.11. The molecule has 22 heavy (non-hydrogen) atoms. The van der Waals surface area contributed by atoms with E-state index in [4.69, 9.17) is 5.14 Å². The highest BCUT2D eigenvalue weighted by atomic mass is 32.2. The van der Waals surface area contributed by atoms with Crippen molar-refractivity contribution >= 4 is 10.0 Å². The van der Waals surface area contributed by atoms with Gasteiger partial charge in [0.25, 0.3) is 0 Å². The molecule has 0 aliphatic carbocycles. The average molecular weight is 323 g/mol. The average Bonchev–Trinajstić information content (AvgIpc) is 2.85. The lowest BCUT2D eigenvalue weighted by Crippen LogP contribution is -2.23. The molecule has 0 saturated heterocycles. The Kier molecular flexibility index (Phi) is 4.94. The first-order chi connectivity index (χ1) is 10.3. The minimum absolute atomic E-state index is 0.0863. The van der Waals surface area contributed by atoms with E-state index in [1.54, 1.807) is 16.8 Å². The van der Waals surface area contributed by atoms with Gasteiger partial charge in [-0.05, 0) is 32.1 Å². The summed E-state index contributed by atoms with van der Waals surface area (Å²) in [5.74, 6) is 0.453. The Hall–Kier alpha value is -1.77. The van der Waals surface area contributed by atoms with Gasteiger partial charge < -0.3 is 4.90 Å². The van der Waals surface area contributed by atoms with Gasteiger partial charge in [0.15, 0.2) is 0 Å². The molecule has 1 aromatic heterocycles. The van der Waals surface area contributed by atoms with E-state index in [2.05, 4.69) is 22.1 Å². The van der Waals surface area contributed by atoms with Gasteiger partial charge in [0.1, 0.15) is 5.69 Å². The SMILES string of the molecule is CC(CN(C)C)Cn1cc(-c2ccc(S(N)(=O)=O)cc2)nn1.